The second-order valence-electron chi connectivity index (χ2n) is 3.93. The minimum Gasteiger partial charge on any atom is -0.481 e. The highest BCUT2D eigenvalue weighted by Crippen LogP contribution is 2.49. The lowest BCUT2D eigenvalue weighted by Gasteiger charge is -1.94. The van der Waals surface area contributed by atoms with Crippen molar-refractivity contribution in [1.29, 1.82) is 0 Å². The Labute approximate surface area is 86.0 Å². The number of nitrogens with zero attached hydrogens (tertiary/aromatic N) is 1. The molecule has 0 aromatic carbocycles. The number of aromatic nitrogens is 2. The molecule has 0 spiro atoms. The van der Waals surface area contributed by atoms with Crippen molar-refractivity contribution in [2.75, 3.05) is 0 Å². The number of pyridine rings is 1. The Morgan fingerprint density at radius 1 is 1.60 bits per heavy atom. The van der Waals surface area contributed by atoms with Crippen LogP contribution in [0.4, 0.5) is 0 Å². The molecule has 2 atom stereocenters. The van der Waals surface area contributed by atoms with Crippen molar-refractivity contribution in [3.05, 3.63) is 30.1 Å². The van der Waals surface area contributed by atoms with Crippen LogP contribution in [0.5, 0.6) is 0 Å². The van der Waals surface area contributed by atoms with E-state index in [1.165, 1.54) is 0 Å². The van der Waals surface area contributed by atoms with Crippen LogP contribution in [-0.4, -0.2) is 21.0 Å². The highest BCUT2D eigenvalue weighted by Gasteiger charge is 2.45. The third kappa shape index (κ3) is 1.21. The maximum absolute atomic E-state index is 10.8. The first-order valence-corrected chi connectivity index (χ1v) is 4.92. The molecule has 0 radical (unpaired) electrons. The van der Waals surface area contributed by atoms with E-state index >= 15 is 0 Å². The molecule has 2 heterocycles. The van der Waals surface area contributed by atoms with Gasteiger partial charge in [0.25, 0.3) is 0 Å². The SMILES string of the molecule is O=C(O)C1CC1c1c[nH]c2ncccc12. The van der Waals surface area contributed by atoms with E-state index in [9.17, 15) is 4.79 Å². The fraction of sp³-hybridized carbons (Fsp3) is 0.273. The summed E-state index contributed by atoms with van der Waals surface area (Å²) in [5.74, 6) is -0.733. The summed E-state index contributed by atoms with van der Waals surface area (Å²) >= 11 is 0. The predicted molar refractivity (Wildman–Crippen MR) is 54.6 cm³/mol. The molecule has 2 unspecified atom stereocenters. The Hall–Kier alpha value is -1.84. The summed E-state index contributed by atoms with van der Waals surface area (Å²) in [4.78, 5) is 18.0. The molecule has 1 saturated carbocycles. The molecule has 76 valence electrons. The Bertz CT molecular complexity index is 532. The van der Waals surface area contributed by atoms with Crippen LogP contribution in [0.1, 0.15) is 17.9 Å². The van der Waals surface area contributed by atoms with Crippen molar-refractivity contribution in [1.82, 2.24) is 9.97 Å². The molecule has 2 N–H and O–H groups in total. The summed E-state index contributed by atoms with van der Waals surface area (Å²) in [5, 5.41) is 9.92. The molecule has 2 aromatic heterocycles. The number of H-pyrrole nitrogens is 1. The molecular formula is C11H10N2O2. The maximum atomic E-state index is 10.8. The van der Waals surface area contributed by atoms with Crippen LogP contribution in [0.3, 0.4) is 0 Å². The number of hydrogen-bond acceptors (Lipinski definition) is 2. The molecule has 15 heavy (non-hydrogen) atoms. The van der Waals surface area contributed by atoms with E-state index in [1.807, 2.05) is 18.3 Å². The quantitative estimate of drug-likeness (QED) is 0.779. The highest BCUT2D eigenvalue weighted by atomic mass is 16.4. The van der Waals surface area contributed by atoms with Gasteiger partial charge in [-0.3, -0.25) is 4.79 Å². The first-order valence-electron chi connectivity index (χ1n) is 4.92. The van der Waals surface area contributed by atoms with Crippen molar-refractivity contribution >= 4 is 17.0 Å². The lowest BCUT2D eigenvalue weighted by molar-refractivity contribution is -0.138. The van der Waals surface area contributed by atoms with E-state index in [0.29, 0.717) is 0 Å². The van der Waals surface area contributed by atoms with E-state index in [1.54, 1.807) is 6.20 Å². The average Bonchev–Trinajstić information content (AvgIpc) is 2.92. The van der Waals surface area contributed by atoms with Crippen LogP contribution in [-0.2, 0) is 4.79 Å². The maximum Gasteiger partial charge on any atom is 0.307 e. The summed E-state index contributed by atoms with van der Waals surface area (Å²) in [6.45, 7) is 0. The van der Waals surface area contributed by atoms with Crippen LogP contribution >= 0.6 is 0 Å². The number of hydrogen-bond donors (Lipinski definition) is 2. The van der Waals surface area contributed by atoms with Gasteiger partial charge < -0.3 is 10.1 Å². The fourth-order valence-electron chi connectivity index (χ4n) is 2.10. The summed E-state index contributed by atoms with van der Waals surface area (Å²) in [5.41, 5.74) is 1.93. The van der Waals surface area contributed by atoms with Gasteiger partial charge in [-0.15, -0.1) is 0 Å². The van der Waals surface area contributed by atoms with Crippen molar-refractivity contribution < 1.29 is 9.90 Å². The Kier molecular flexibility index (Phi) is 1.59. The summed E-state index contributed by atoms with van der Waals surface area (Å²) in [7, 11) is 0. The van der Waals surface area contributed by atoms with Crippen LogP contribution in [0.2, 0.25) is 0 Å². The molecule has 2 aromatic rings. The number of aromatic amines is 1. The molecule has 4 heteroatoms. The molecule has 1 aliphatic rings. The number of carboxylic acid groups (broad SMARTS) is 1. The minimum atomic E-state index is -0.696. The Balaban J connectivity index is 2.03. The fourth-order valence-corrected chi connectivity index (χ4v) is 2.10. The summed E-state index contributed by atoms with van der Waals surface area (Å²) in [6.07, 6.45) is 4.35. The first kappa shape index (κ1) is 8.47. The first-order chi connectivity index (χ1) is 7.27. The molecule has 1 aliphatic carbocycles. The Morgan fingerprint density at radius 2 is 2.47 bits per heavy atom. The third-order valence-electron chi connectivity index (χ3n) is 2.99. The van der Waals surface area contributed by atoms with E-state index in [2.05, 4.69) is 9.97 Å². The molecular weight excluding hydrogens is 192 g/mol. The van der Waals surface area contributed by atoms with Gasteiger partial charge in [0.05, 0.1) is 5.92 Å². The summed E-state index contributed by atoms with van der Waals surface area (Å²) in [6, 6.07) is 3.85. The summed E-state index contributed by atoms with van der Waals surface area (Å²) < 4.78 is 0. The van der Waals surface area contributed by atoms with E-state index in [0.717, 1.165) is 23.0 Å². The number of carboxylic acids is 1. The standard InChI is InChI=1S/C11H10N2O2/c14-11(15)8-4-7(8)9-5-13-10-6(9)2-1-3-12-10/h1-3,5,7-8H,4H2,(H,12,13)(H,14,15). The monoisotopic (exact) mass is 202 g/mol. The van der Waals surface area contributed by atoms with E-state index in [4.69, 9.17) is 5.11 Å². The zero-order valence-electron chi connectivity index (χ0n) is 7.97. The molecule has 1 fully saturated rings. The van der Waals surface area contributed by atoms with Gasteiger partial charge in [-0.25, -0.2) is 4.98 Å². The smallest absolute Gasteiger partial charge is 0.307 e. The molecule has 3 rings (SSSR count). The second-order valence-corrected chi connectivity index (χ2v) is 3.93. The molecule has 0 bridgehead atoms. The van der Waals surface area contributed by atoms with Crippen molar-refractivity contribution in [2.45, 2.75) is 12.3 Å². The zero-order chi connectivity index (χ0) is 10.4. The van der Waals surface area contributed by atoms with Gasteiger partial charge in [0.1, 0.15) is 5.65 Å². The van der Waals surface area contributed by atoms with Crippen LogP contribution in [0.25, 0.3) is 11.0 Å². The van der Waals surface area contributed by atoms with Crippen LogP contribution < -0.4 is 0 Å². The van der Waals surface area contributed by atoms with Gasteiger partial charge in [-0.1, -0.05) is 0 Å². The normalized spacial score (nSPS) is 24.3. The van der Waals surface area contributed by atoms with Crippen molar-refractivity contribution in [3.8, 4) is 0 Å². The largest absolute Gasteiger partial charge is 0.481 e. The van der Waals surface area contributed by atoms with Gasteiger partial charge in [-0.2, -0.15) is 0 Å². The van der Waals surface area contributed by atoms with Crippen LogP contribution in [0, 0.1) is 5.92 Å². The average molecular weight is 202 g/mol. The van der Waals surface area contributed by atoms with Gasteiger partial charge >= 0.3 is 5.97 Å². The van der Waals surface area contributed by atoms with Gasteiger partial charge in [0.15, 0.2) is 0 Å². The number of carbonyl (C=O) groups is 1. The van der Waals surface area contributed by atoms with Gasteiger partial charge in [0, 0.05) is 23.7 Å². The van der Waals surface area contributed by atoms with Crippen molar-refractivity contribution in [3.63, 3.8) is 0 Å². The molecule has 0 amide bonds. The second kappa shape index (κ2) is 2.82. The lowest BCUT2D eigenvalue weighted by atomic mass is 10.1. The number of fused-ring (bicyclic) bond motifs is 1. The van der Waals surface area contributed by atoms with Crippen molar-refractivity contribution in [2.24, 2.45) is 5.92 Å². The molecule has 0 aliphatic heterocycles. The number of aliphatic carboxylic acids is 1. The number of rotatable bonds is 2. The third-order valence-corrected chi connectivity index (χ3v) is 2.99. The van der Waals surface area contributed by atoms with Crippen LogP contribution in [0.15, 0.2) is 24.5 Å². The lowest BCUT2D eigenvalue weighted by Crippen LogP contribution is -1.98. The van der Waals surface area contributed by atoms with E-state index < -0.39 is 5.97 Å². The molecule has 0 saturated heterocycles. The predicted octanol–water partition coefficient (Wildman–Crippen LogP) is 1.75. The highest BCUT2D eigenvalue weighted by molar-refractivity contribution is 5.83. The van der Waals surface area contributed by atoms with Gasteiger partial charge in [-0.05, 0) is 24.1 Å². The Morgan fingerprint density at radius 3 is 3.20 bits per heavy atom. The number of nitrogens with one attached hydrogen (secondary N) is 1. The zero-order valence-corrected chi connectivity index (χ0v) is 7.97. The topological polar surface area (TPSA) is 66.0 Å². The van der Waals surface area contributed by atoms with E-state index in [-0.39, 0.29) is 11.8 Å². The minimum absolute atomic E-state index is 0.167. The molecule has 4 nitrogen and oxygen atoms in total. The van der Waals surface area contributed by atoms with Gasteiger partial charge in [0.2, 0.25) is 0 Å².